The number of nitrogens with one attached hydrogen (secondary N) is 1. The van der Waals surface area contributed by atoms with Crippen molar-refractivity contribution in [3.8, 4) is 11.6 Å². The van der Waals surface area contributed by atoms with Crippen LogP contribution in [0.15, 0.2) is 36.7 Å². The Morgan fingerprint density at radius 3 is 3.00 bits per heavy atom. The fourth-order valence-corrected chi connectivity index (χ4v) is 1.53. The van der Waals surface area contributed by atoms with E-state index in [-0.39, 0.29) is 0 Å². The molecule has 0 aliphatic carbocycles. The summed E-state index contributed by atoms with van der Waals surface area (Å²) in [6.07, 6.45) is 3.27. The lowest BCUT2D eigenvalue weighted by molar-refractivity contribution is 0.457. The zero-order chi connectivity index (χ0) is 12.1. The van der Waals surface area contributed by atoms with E-state index in [0.29, 0.717) is 23.2 Å². The van der Waals surface area contributed by atoms with E-state index < -0.39 is 0 Å². The first-order chi connectivity index (χ1) is 8.28. The maximum absolute atomic E-state index is 5.87. The molecule has 2 rings (SSSR count). The van der Waals surface area contributed by atoms with Crippen molar-refractivity contribution in [1.29, 1.82) is 0 Å². The van der Waals surface area contributed by atoms with Gasteiger partial charge in [0.05, 0.1) is 11.9 Å². The van der Waals surface area contributed by atoms with Crippen molar-refractivity contribution in [3.63, 3.8) is 0 Å². The summed E-state index contributed by atoms with van der Waals surface area (Å²) >= 11 is 5.87. The van der Waals surface area contributed by atoms with Crippen LogP contribution in [0.25, 0.3) is 0 Å². The third-order valence-corrected chi connectivity index (χ3v) is 2.27. The summed E-state index contributed by atoms with van der Waals surface area (Å²) in [6.45, 7) is 0.653. The van der Waals surface area contributed by atoms with Crippen molar-refractivity contribution in [3.05, 3.63) is 47.4 Å². The number of rotatable bonds is 4. The van der Waals surface area contributed by atoms with Crippen LogP contribution >= 0.6 is 11.6 Å². The van der Waals surface area contributed by atoms with Gasteiger partial charge >= 0.3 is 0 Å². The van der Waals surface area contributed by atoms with Gasteiger partial charge in [0, 0.05) is 17.8 Å². The lowest BCUT2D eigenvalue weighted by atomic mass is 10.3. The van der Waals surface area contributed by atoms with Crippen molar-refractivity contribution in [2.45, 2.75) is 6.54 Å². The zero-order valence-corrected chi connectivity index (χ0v) is 10.1. The first-order valence-corrected chi connectivity index (χ1v) is 5.54. The van der Waals surface area contributed by atoms with E-state index in [1.807, 2.05) is 19.2 Å². The van der Waals surface area contributed by atoms with E-state index in [1.54, 1.807) is 24.5 Å². The van der Waals surface area contributed by atoms with Crippen molar-refractivity contribution < 1.29 is 4.74 Å². The maximum Gasteiger partial charge on any atom is 0.238 e. The molecule has 0 aliphatic rings. The van der Waals surface area contributed by atoms with Gasteiger partial charge in [0.25, 0.3) is 0 Å². The molecule has 0 saturated carbocycles. The van der Waals surface area contributed by atoms with Gasteiger partial charge in [-0.05, 0) is 25.2 Å². The molecule has 1 aromatic heterocycles. The van der Waals surface area contributed by atoms with Gasteiger partial charge < -0.3 is 10.1 Å². The molecule has 0 amide bonds. The molecular weight excluding hydrogens is 238 g/mol. The molecule has 0 bridgehead atoms. The van der Waals surface area contributed by atoms with Crippen molar-refractivity contribution >= 4 is 11.6 Å². The van der Waals surface area contributed by atoms with E-state index >= 15 is 0 Å². The highest BCUT2D eigenvalue weighted by Gasteiger charge is 2.01. The van der Waals surface area contributed by atoms with Gasteiger partial charge in [0.2, 0.25) is 5.88 Å². The Balaban J connectivity index is 2.15. The Kier molecular flexibility index (Phi) is 3.90. The maximum atomic E-state index is 5.87. The summed E-state index contributed by atoms with van der Waals surface area (Å²) in [5.41, 5.74) is 0.826. The standard InChI is InChI=1S/C12H12ClN3O/c1-14-6-10-7-15-8-12(16-10)17-11-4-2-3-9(13)5-11/h2-5,7-8,14H,6H2,1H3. The second kappa shape index (κ2) is 5.61. The first kappa shape index (κ1) is 11.8. The Morgan fingerprint density at radius 1 is 1.35 bits per heavy atom. The highest BCUT2D eigenvalue weighted by atomic mass is 35.5. The summed E-state index contributed by atoms with van der Waals surface area (Å²) in [7, 11) is 1.85. The monoisotopic (exact) mass is 249 g/mol. The summed E-state index contributed by atoms with van der Waals surface area (Å²) in [5, 5.41) is 3.63. The van der Waals surface area contributed by atoms with Gasteiger partial charge in [-0.3, -0.25) is 4.98 Å². The highest BCUT2D eigenvalue weighted by Crippen LogP contribution is 2.22. The minimum Gasteiger partial charge on any atom is -0.437 e. The molecule has 0 fully saturated rings. The minimum absolute atomic E-state index is 0.458. The topological polar surface area (TPSA) is 47.0 Å². The molecule has 1 N–H and O–H groups in total. The van der Waals surface area contributed by atoms with Gasteiger partial charge in [-0.2, -0.15) is 0 Å². The number of hydrogen-bond donors (Lipinski definition) is 1. The highest BCUT2D eigenvalue weighted by molar-refractivity contribution is 6.30. The van der Waals surface area contributed by atoms with Crippen molar-refractivity contribution in [1.82, 2.24) is 15.3 Å². The van der Waals surface area contributed by atoms with Crippen LogP contribution in [-0.4, -0.2) is 17.0 Å². The third kappa shape index (κ3) is 3.41. The van der Waals surface area contributed by atoms with E-state index in [1.165, 1.54) is 0 Å². The number of ether oxygens (including phenoxy) is 1. The number of aromatic nitrogens is 2. The van der Waals surface area contributed by atoms with Gasteiger partial charge in [0.1, 0.15) is 5.75 Å². The van der Waals surface area contributed by atoms with Crippen LogP contribution in [0.5, 0.6) is 11.6 Å². The number of halogens is 1. The average Bonchev–Trinajstić information content (AvgIpc) is 2.30. The van der Waals surface area contributed by atoms with Crippen LogP contribution in [0.3, 0.4) is 0 Å². The normalized spacial score (nSPS) is 10.2. The Hall–Kier alpha value is -1.65. The molecule has 2 aromatic rings. The molecule has 0 radical (unpaired) electrons. The molecule has 4 nitrogen and oxygen atoms in total. The molecule has 0 atom stereocenters. The third-order valence-electron chi connectivity index (χ3n) is 2.04. The molecule has 88 valence electrons. The van der Waals surface area contributed by atoms with Gasteiger partial charge in [-0.25, -0.2) is 4.98 Å². The quantitative estimate of drug-likeness (QED) is 0.905. The Bertz CT molecular complexity index is 505. The number of hydrogen-bond acceptors (Lipinski definition) is 4. The van der Waals surface area contributed by atoms with E-state index in [0.717, 1.165) is 5.69 Å². The second-order valence-electron chi connectivity index (χ2n) is 3.44. The predicted octanol–water partition coefficient (Wildman–Crippen LogP) is 2.64. The molecule has 17 heavy (non-hydrogen) atoms. The molecule has 0 saturated heterocycles. The van der Waals surface area contributed by atoms with Crippen molar-refractivity contribution in [2.24, 2.45) is 0 Å². The minimum atomic E-state index is 0.458. The van der Waals surface area contributed by atoms with Crippen LogP contribution in [-0.2, 0) is 6.54 Å². The SMILES string of the molecule is CNCc1cncc(Oc2cccc(Cl)c2)n1. The molecule has 0 aliphatic heterocycles. The van der Waals surface area contributed by atoms with Crippen LogP contribution in [0.2, 0.25) is 5.02 Å². The average molecular weight is 250 g/mol. The second-order valence-corrected chi connectivity index (χ2v) is 3.87. The molecule has 0 unspecified atom stereocenters. The molecule has 0 spiro atoms. The van der Waals surface area contributed by atoms with Crippen molar-refractivity contribution in [2.75, 3.05) is 7.05 Å². The van der Waals surface area contributed by atoms with Gasteiger partial charge in [-0.1, -0.05) is 17.7 Å². The first-order valence-electron chi connectivity index (χ1n) is 5.17. The summed E-state index contributed by atoms with van der Waals surface area (Å²) in [5.74, 6) is 1.11. The molecule has 1 aromatic carbocycles. The van der Waals surface area contributed by atoms with Crippen LogP contribution in [0, 0.1) is 0 Å². The summed E-state index contributed by atoms with van der Waals surface area (Å²) in [4.78, 5) is 8.36. The fraction of sp³-hybridized carbons (Fsp3) is 0.167. The zero-order valence-electron chi connectivity index (χ0n) is 9.35. The molecular formula is C12H12ClN3O. The molecule has 5 heteroatoms. The fourth-order valence-electron chi connectivity index (χ4n) is 1.35. The van der Waals surface area contributed by atoms with Crippen LogP contribution in [0.4, 0.5) is 0 Å². The van der Waals surface area contributed by atoms with Crippen LogP contribution < -0.4 is 10.1 Å². The van der Waals surface area contributed by atoms with Crippen LogP contribution in [0.1, 0.15) is 5.69 Å². The Morgan fingerprint density at radius 2 is 2.24 bits per heavy atom. The number of benzene rings is 1. The predicted molar refractivity (Wildman–Crippen MR) is 66.3 cm³/mol. The van der Waals surface area contributed by atoms with E-state index in [9.17, 15) is 0 Å². The number of nitrogens with zero attached hydrogens (tertiary/aromatic N) is 2. The largest absolute Gasteiger partial charge is 0.437 e. The molecule has 1 heterocycles. The lowest BCUT2D eigenvalue weighted by Crippen LogP contribution is -2.07. The summed E-state index contributed by atoms with van der Waals surface area (Å²) < 4.78 is 5.56. The van der Waals surface area contributed by atoms with E-state index in [2.05, 4.69) is 15.3 Å². The lowest BCUT2D eigenvalue weighted by Gasteiger charge is -2.06. The smallest absolute Gasteiger partial charge is 0.238 e. The van der Waals surface area contributed by atoms with Gasteiger partial charge in [0.15, 0.2) is 0 Å². The summed E-state index contributed by atoms with van der Waals surface area (Å²) in [6, 6.07) is 7.16. The Labute approximate surface area is 105 Å². The van der Waals surface area contributed by atoms with E-state index in [4.69, 9.17) is 16.3 Å². The van der Waals surface area contributed by atoms with Gasteiger partial charge in [-0.15, -0.1) is 0 Å².